The third-order valence-electron chi connectivity index (χ3n) is 1.88. The lowest BCUT2D eigenvalue weighted by Crippen LogP contribution is -2.35. The van der Waals surface area contributed by atoms with Crippen LogP contribution in [0.15, 0.2) is 10.3 Å². The summed E-state index contributed by atoms with van der Waals surface area (Å²) in [6.45, 7) is 1.61. The van der Waals surface area contributed by atoms with Crippen LogP contribution in [0.1, 0.15) is 6.92 Å². The monoisotopic (exact) mass is 271 g/mol. The van der Waals surface area contributed by atoms with Gasteiger partial charge in [0.1, 0.15) is 0 Å². The average molecular weight is 271 g/mol. The van der Waals surface area contributed by atoms with E-state index in [1.54, 1.807) is 35.1 Å². The number of hydrazone groups is 1. The summed E-state index contributed by atoms with van der Waals surface area (Å²) in [4.78, 5) is 30.5. The zero-order valence-corrected chi connectivity index (χ0v) is 12.5. The molecule has 0 fully saturated rings. The third kappa shape index (κ3) is 5.84. The van der Waals surface area contributed by atoms with Crippen molar-refractivity contribution in [2.75, 3.05) is 42.3 Å². The zero-order chi connectivity index (χ0) is 15.2. The summed E-state index contributed by atoms with van der Waals surface area (Å²) >= 11 is 0. The van der Waals surface area contributed by atoms with Gasteiger partial charge in [0.25, 0.3) is 5.91 Å². The van der Waals surface area contributed by atoms with Crippen LogP contribution in [0.25, 0.3) is 0 Å². The quantitative estimate of drug-likeness (QED) is 0.412. The van der Waals surface area contributed by atoms with Crippen LogP contribution in [-0.4, -0.2) is 80.5 Å². The SMILES string of the molecule is CC(=NN(C)C)C(=NOC(=O)N(C)C)C(=O)N(C)C. The van der Waals surface area contributed by atoms with Crippen molar-refractivity contribution in [1.82, 2.24) is 14.8 Å². The highest BCUT2D eigenvalue weighted by atomic mass is 16.7. The van der Waals surface area contributed by atoms with Crippen molar-refractivity contribution < 1.29 is 14.4 Å². The molecular weight excluding hydrogens is 250 g/mol. The van der Waals surface area contributed by atoms with Gasteiger partial charge in [0.2, 0.25) is 0 Å². The summed E-state index contributed by atoms with van der Waals surface area (Å²) in [5.41, 5.74) is 0.337. The zero-order valence-electron chi connectivity index (χ0n) is 12.5. The molecule has 0 aliphatic rings. The minimum absolute atomic E-state index is 0.0195. The van der Waals surface area contributed by atoms with Crippen LogP contribution >= 0.6 is 0 Å². The number of carbonyl (C=O) groups is 2. The van der Waals surface area contributed by atoms with Crippen molar-refractivity contribution in [3.63, 3.8) is 0 Å². The molecule has 0 aliphatic heterocycles. The Morgan fingerprint density at radius 1 is 0.947 bits per heavy atom. The van der Waals surface area contributed by atoms with Gasteiger partial charge in [-0.05, 0) is 6.92 Å². The Kier molecular flexibility index (Phi) is 6.53. The second kappa shape index (κ2) is 7.34. The van der Waals surface area contributed by atoms with E-state index in [-0.39, 0.29) is 5.71 Å². The van der Waals surface area contributed by atoms with E-state index in [0.29, 0.717) is 5.71 Å². The maximum absolute atomic E-state index is 11.9. The molecule has 0 radical (unpaired) electrons. The molecule has 19 heavy (non-hydrogen) atoms. The molecule has 0 N–H and O–H groups in total. The smallest absolute Gasteiger partial charge is 0.343 e. The molecule has 0 saturated carbocycles. The minimum Gasteiger partial charge on any atom is -0.343 e. The molecule has 0 heterocycles. The van der Waals surface area contributed by atoms with Gasteiger partial charge in [0.15, 0.2) is 5.71 Å². The largest absolute Gasteiger partial charge is 0.435 e. The van der Waals surface area contributed by atoms with E-state index in [2.05, 4.69) is 15.1 Å². The van der Waals surface area contributed by atoms with Crippen LogP contribution in [-0.2, 0) is 9.63 Å². The van der Waals surface area contributed by atoms with E-state index in [4.69, 9.17) is 0 Å². The second-order valence-electron chi connectivity index (χ2n) is 4.42. The van der Waals surface area contributed by atoms with Gasteiger partial charge in [-0.2, -0.15) is 5.10 Å². The standard InChI is InChI=1S/C11H21N5O3/c1-8(12-16(6)7)9(10(17)14(2)3)13-19-11(18)15(4)5/h1-7H3. The van der Waals surface area contributed by atoms with Crippen LogP contribution in [0.3, 0.4) is 0 Å². The molecule has 108 valence electrons. The van der Waals surface area contributed by atoms with E-state index in [0.717, 1.165) is 0 Å². The predicted octanol–water partition coefficient (Wildman–Crippen LogP) is 0.0663. The normalized spacial score (nSPS) is 11.9. The van der Waals surface area contributed by atoms with Gasteiger partial charge in [-0.25, -0.2) is 4.79 Å². The van der Waals surface area contributed by atoms with E-state index in [1.807, 2.05) is 0 Å². The fourth-order valence-electron chi connectivity index (χ4n) is 0.985. The molecule has 0 aromatic heterocycles. The second-order valence-corrected chi connectivity index (χ2v) is 4.42. The number of amides is 2. The number of carbonyl (C=O) groups excluding carboxylic acids is 2. The summed E-state index contributed by atoms with van der Waals surface area (Å²) in [6, 6.07) is 0. The van der Waals surface area contributed by atoms with Gasteiger partial charge in [-0.1, -0.05) is 5.16 Å². The van der Waals surface area contributed by atoms with Gasteiger partial charge in [-0.15, -0.1) is 0 Å². The minimum atomic E-state index is -0.665. The number of nitrogens with zero attached hydrogens (tertiary/aromatic N) is 5. The molecule has 8 heteroatoms. The maximum atomic E-state index is 11.9. The molecule has 0 rings (SSSR count). The fourth-order valence-corrected chi connectivity index (χ4v) is 0.985. The number of rotatable bonds is 4. The van der Waals surface area contributed by atoms with Crippen LogP contribution < -0.4 is 0 Å². The molecule has 0 bridgehead atoms. The summed E-state index contributed by atoms with van der Waals surface area (Å²) in [7, 11) is 9.63. The van der Waals surface area contributed by atoms with Crippen LogP contribution in [0.4, 0.5) is 4.79 Å². The summed E-state index contributed by atoms with van der Waals surface area (Å²) in [5, 5.41) is 9.20. The van der Waals surface area contributed by atoms with E-state index >= 15 is 0 Å². The molecule has 0 aliphatic carbocycles. The molecule has 8 nitrogen and oxygen atoms in total. The Hall–Kier alpha value is -2.12. The van der Waals surface area contributed by atoms with E-state index < -0.39 is 12.0 Å². The first-order valence-electron chi connectivity index (χ1n) is 5.57. The molecule has 0 aromatic rings. The van der Waals surface area contributed by atoms with Crippen molar-refractivity contribution in [1.29, 1.82) is 0 Å². The van der Waals surface area contributed by atoms with E-state index in [1.165, 1.54) is 28.9 Å². The Morgan fingerprint density at radius 3 is 1.84 bits per heavy atom. The average Bonchev–Trinajstić information content (AvgIpc) is 2.27. The number of oxime groups is 1. The van der Waals surface area contributed by atoms with Gasteiger partial charge in [0.05, 0.1) is 5.71 Å². The number of hydrogen-bond acceptors (Lipinski definition) is 6. The van der Waals surface area contributed by atoms with Crippen molar-refractivity contribution >= 4 is 23.4 Å². The van der Waals surface area contributed by atoms with Gasteiger partial charge in [-0.3, -0.25) is 9.63 Å². The maximum Gasteiger partial charge on any atom is 0.435 e. The van der Waals surface area contributed by atoms with Crippen LogP contribution in [0.5, 0.6) is 0 Å². The Morgan fingerprint density at radius 2 is 1.47 bits per heavy atom. The molecule has 0 atom stereocenters. The molecule has 0 spiro atoms. The topological polar surface area (TPSA) is 77.8 Å². The highest BCUT2D eigenvalue weighted by molar-refractivity contribution is 6.66. The molecular formula is C11H21N5O3. The molecule has 0 aromatic carbocycles. The van der Waals surface area contributed by atoms with Gasteiger partial charge in [0, 0.05) is 42.3 Å². The lowest BCUT2D eigenvalue weighted by molar-refractivity contribution is -0.121. The Bertz CT molecular complexity index is 399. The molecule has 2 amide bonds. The first-order chi connectivity index (χ1) is 8.66. The Balaban J connectivity index is 5.24. The van der Waals surface area contributed by atoms with Crippen LogP contribution in [0.2, 0.25) is 0 Å². The fraction of sp³-hybridized carbons (Fsp3) is 0.636. The lowest BCUT2D eigenvalue weighted by atomic mass is 10.2. The lowest BCUT2D eigenvalue weighted by Gasteiger charge is -2.14. The highest BCUT2D eigenvalue weighted by Crippen LogP contribution is 1.96. The molecule has 0 saturated heterocycles. The first kappa shape index (κ1) is 16.9. The Labute approximate surface area is 113 Å². The summed E-state index contributed by atoms with van der Waals surface area (Å²) in [5.74, 6) is -0.394. The summed E-state index contributed by atoms with van der Waals surface area (Å²) in [6.07, 6.45) is -0.665. The van der Waals surface area contributed by atoms with Crippen molar-refractivity contribution in [2.24, 2.45) is 10.3 Å². The third-order valence-corrected chi connectivity index (χ3v) is 1.88. The van der Waals surface area contributed by atoms with Crippen molar-refractivity contribution in [2.45, 2.75) is 6.92 Å². The first-order valence-corrected chi connectivity index (χ1v) is 5.57. The van der Waals surface area contributed by atoms with Crippen molar-refractivity contribution in [3.8, 4) is 0 Å². The van der Waals surface area contributed by atoms with E-state index in [9.17, 15) is 9.59 Å². The van der Waals surface area contributed by atoms with Gasteiger partial charge < -0.3 is 14.8 Å². The molecule has 0 unspecified atom stereocenters. The highest BCUT2D eigenvalue weighted by Gasteiger charge is 2.19. The van der Waals surface area contributed by atoms with Gasteiger partial charge >= 0.3 is 6.09 Å². The summed E-state index contributed by atoms with van der Waals surface area (Å²) < 4.78 is 0. The van der Waals surface area contributed by atoms with Crippen molar-refractivity contribution in [3.05, 3.63) is 0 Å². The predicted molar refractivity (Wildman–Crippen MR) is 73.1 cm³/mol. The number of hydrogen-bond donors (Lipinski definition) is 0. The van der Waals surface area contributed by atoms with Crippen LogP contribution in [0, 0.1) is 0 Å².